The van der Waals surface area contributed by atoms with Crippen LogP contribution in [0.1, 0.15) is 78.1 Å². The molecule has 0 bridgehead atoms. The van der Waals surface area contributed by atoms with Crippen molar-refractivity contribution in [3.8, 4) is 0 Å². The van der Waals surface area contributed by atoms with Gasteiger partial charge in [0.05, 0.1) is 0 Å². The Hall–Kier alpha value is 0.394. The summed E-state index contributed by atoms with van der Waals surface area (Å²) in [5.41, 5.74) is 0.919. The van der Waals surface area contributed by atoms with Gasteiger partial charge in [0.2, 0.25) is 0 Å². The Labute approximate surface area is 108 Å². The van der Waals surface area contributed by atoms with Crippen LogP contribution in [0.4, 0.5) is 0 Å². The third-order valence-corrected chi connectivity index (χ3v) is 5.56. The summed E-state index contributed by atoms with van der Waals surface area (Å²) < 4.78 is 5.41. The number of rotatable bonds is 12. The first-order valence-corrected chi connectivity index (χ1v) is 9.51. The molecule has 3 heteroatoms. The maximum atomic E-state index is 5.41. The highest BCUT2D eigenvalue weighted by Gasteiger charge is 2.01. The zero-order valence-electron chi connectivity index (χ0n) is 11.8. The average Bonchev–Trinajstić information content (AvgIpc) is 2.27. The quantitative estimate of drug-likeness (QED) is 0.387. The first-order valence-electron chi connectivity index (χ1n) is 7.30. The molecule has 16 heavy (non-hydrogen) atoms. The molecule has 0 aliphatic rings. The van der Waals surface area contributed by atoms with Crippen LogP contribution in [-0.2, 0) is 4.12 Å². The molecule has 0 rings (SSSR count). The molecule has 0 amide bonds. The van der Waals surface area contributed by atoms with Crippen LogP contribution in [0.2, 0.25) is 5.54 Å². The highest BCUT2D eigenvalue weighted by atomic mass is 28.3. The molecule has 0 N–H and O–H groups in total. The molecule has 1 atom stereocenters. The van der Waals surface area contributed by atoms with Crippen molar-refractivity contribution < 1.29 is 4.12 Å². The zero-order valence-corrected chi connectivity index (χ0v) is 15.2. The Morgan fingerprint density at radius 1 is 0.938 bits per heavy atom. The molecule has 0 radical (unpaired) electrons. The van der Waals surface area contributed by atoms with Gasteiger partial charge in [-0.3, -0.25) is 0 Å². The van der Waals surface area contributed by atoms with Crippen LogP contribution in [0.25, 0.3) is 0 Å². The smallest absolute Gasteiger partial charge is 0.148 e. The molecule has 98 valence electrons. The van der Waals surface area contributed by atoms with Gasteiger partial charge in [0.15, 0.2) is 0 Å². The monoisotopic (exact) mass is 260 g/mol. The fraction of sp³-hybridized carbons (Fsp3) is 1.00. The van der Waals surface area contributed by atoms with Crippen LogP contribution in [0.3, 0.4) is 0 Å². The minimum Gasteiger partial charge on any atom is -0.468 e. The van der Waals surface area contributed by atoms with E-state index in [1.807, 2.05) is 0 Å². The van der Waals surface area contributed by atoms with Gasteiger partial charge in [0.25, 0.3) is 0 Å². The molecule has 0 saturated heterocycles. The van der Waals surface area contributed by atoms with E-state index in [2.05, 4.69) is 13.8 Å². The fourth-order valence-corrected chi connectivity index (χ4v) is 4.90. The van der Waals surface area contributed by atoms with Gasteiger partial charge in [0, 0.05) is 0 Å². The summed E-state index contributed by atoms with van der Waals surface area (Å²) in [4.78, 5) is 0. The summed E-state index contributed by atoms with van der Waals surface area (Å²) in [7, 11) is 0.814. The SMILES string of the molecule is CCCCCCCCCCCC(C)[SiH2]O[SiH3]. The summed E-state index contributed by atoms with van der Waals surface area (Å²) in [6.45, 7) is 4.65. The molecule has 0 aliphatic carbocycles. The van der Waals surface area contributed by atoms with E-state index >= 15 is 0 Å². The van der Waals surface area contributed by atoms with Gasteiger partial charge in [0.1, 0.15) is 20.2 Å². The van der Waals surface area contributed by atoms with Crippen molar-refractivity contribution >= 4 is 20.2 Å². The van der Waals surface area contributed by atoms with E-state index in [1.165, 1.54) is 64.2 Å². The third kappa shape index (κ3) is 12.5. The topological polar surface area (TPSA) is 9.23 Å². The number of hydrogen-bond acceptors (Lipinski definition) is 1. The molecular formula is C13H32OSi2. The second-order valence-corrected chi connectivity index (χ2v) is 9.21. The lowest BCUT2D eigenvalue weighted by Crippen LogP contribution is -2.02. The van der Waals surface area contributed by atoms with Crippen molar-refractivity contribution in [1.82, 2.24) is 0 Å². The maximum absolute atomic E-state index is 5.41. The second kappa shape index (κ2) is 13.5. The van der Waals surface area contributed by atoms with E-state index in [0.29, 0.717) is 0 Å². The third-order valence-electron chi connectivity index (χ3n) is 3.25. The maximum Gasteiger partial charge on any atom is 0.148 e. The Morgan fingerprint density at radius 2 is 1.44 bits per heavy atom. The standard InChI is InChI=1S/C13H32OSi2/c1-3-4-5-6-7-8-9-10-11-12-13(2)16-14-15/h13H,3-12,16H2,1-2,15H3. The Morgan fingerprint density at radius 3 is 1.94 bits per heavy atom. The highest BCUT2D eigenvalue weighted by Crippen LogP contribution is 2.15. The van der Waals surface area contributed by atoms with Gasteiger partial charge in [-0.1, -0.05) is 78.1 Å². The molecule has 0 aliphatic heterocycles. The van der Waals surface area contributed by atoms with Crippen LogP contribution in [0, 0.1) is 0 Å². The van der Waals surface area contributed by atoms with E-state index in [4.69, 9.17) is 4.12 Å². The van der Waals surface area contributed by atoms with Gasteiger partial charge in [-0.15, -0.1) is 0 Å². The van der Waals surface area contributed by atoms with Crippen molar-refractivity contribution in [2.24, 2.45) is 0 Å². The predicted molar refractivity (Wildman–Crippen MR) is 80.8 cm³/mol. The molecule has 1 nitrogen and oxygen atoms in total. The molecule has 0 aromatic carbocycles. The van der Waals surface area contributed by atoms with Gasteiger partial charge < -0.3 is 4.12 Å². The molecule has 0 aromatic heterocycles. The van der Waals surface area contributed by atoms with Crippen LogP contribution >= 0.6 is 0 Å². The van der Waals surface area contributed by atoms with Crippen LogP contribution < -0.4 is 0 Å². The van der Waals surface area contributed by atoms with E-state index in [-0.39, 0.29) is 9.76 Å². The van der Waals surface area contributed by atoms with Crippen molar-refractivity contribution in [3.05, 3.63) is 0 Å². The minimum absolute atomic E-state index is 0.146. The molecule has 1 unspecified atom stereocenters. The van der Waals surface area contributed by atoms with Crippen molar-refractivity contribution in [2.75, 3.05) is 0 Å². The second-order valence-electron chi connectivity index (χ2n) is 5.18. The molecule has 0 aromatic rings. The van der Waals surface area contributed by atoms with E-state index < -0.39 is 0 Å². The van der Waals surface area contributed by atoms with Crippen LogP contribution in [0.5, 0.6) is 0 Å². The van der Waals surface area contributed by atoms with Crippen LogP contribution in [0.15, 0.2) is 0 Å². The summed E-state index contributed by atoms with van der Waals surface area (Å²) >= 11 is 0. The average molecular weight is 261 g/mol. The highest BCUT2D eigenvalue weighted by molar-refractivity contribution is 6.35. The largest absolute Gasteiger partial charge is 0.468 e. The van der Waals surface area contributed by atoms with E-state index in [9.17, 15) is 0 Å². The van der Waals surface area contributed by atoms with Gasteiger partial charge in [-0.05, 0) is 5.54 Å². The van der Waals surface area contributed by atoms with Crippen molar-refractivity contribution in [1.29, 1.82) is 0 Å². The summed E-state index contributed by atoms with van der Waals surface area (Å²) in [5, 5.41) is 0. The van der Waals surface area contributed by atoms with Gasteiger partial charge in [-0.25, -0.2) is 0 Å². The van der Waals surface area contributed by atoms with Crippen molar-refractivity contribution in [3.63, 3.8) is 0 Å². The van der Waals surface area contributed by atoms with E-state index in [0.717, 1.165) is 16.0 Å². The summed E-state index contributed by atoms with van der Waals surface area (Å²) in [5.74, 6) is 0. The van der Waals surface area contributed by atoms with Crippen molar-refractivity contribution in [2.45, 2.75) is 83.6 Å². The molecular weight excluding hydrogens is 228 g/mol. The summed E-state index contributed by atoms with van der Waals surface area (Å²) in [6.07, 6.45) is 14.4. The molecule has 0 spiro atoms. The molecule has 0 heterocycles. The summed E-state index contributed by atoms with van der Waals surface area (Å²) in [6, 6.07) is 0. The van der Waals surface area contributed by atoms with E-state index in [1.54, 1.807) is 0 Å². The first kappa shape index (κ1) is 16.4. The minimum atomic E-state index is -0.146. The lowest BCUT2D eigenvalue weighted by Gasteiger charge is -2.08. The lowest BCUT2D eigenvalue weighted by atomic mass is 10.1. The number of unbranched alkanes of at least 4 members (excludes halogenated alkanes) is 8. The molecule has 0 fully saturated rings. The van der Waals surface area contributed by atoms with Gasteiger partial charge >= 0.3 is 0 Å². The Balaban J connectivity index is 2.98. The molecule has 0 saturated carbocycles. The lowest BCUT2D eigenvalue weighted by molar-refractivity contribution is 0.545. The zero-order chi connectivity index (χ0) is 12.1. The predicted octanol–water partition coefficient (Wildman–Crippen LogP) is 3.10. The normalized spacial score (nSPS) is 13.9. The number of hydrogen-bond donors (Lipinski definition) is 0. The first-order chi connectivity index (χ1) is 7.81. The Bertz CT molecular complexity index is 131. The van der Waals surface area contributed by atoms with Crippen LogP contribution in [-0.4, -0.2) is 20.2 Å². The Kier molecular flexibility index (Phi) is 13.8. The van der Waals surface area contributed by atoms with Gasteiger partial charge in [-0.2, -0.15) is 0 Å². The fourth-order valence-electron chi connectivity index (χ4n) is 2.17.